The highest BCUT2D eigenvalue weighted by molar-refractivity contribution is 5.99. The first-order chi connectivity index (χ1) is 11.0. The average Bonchev–Trinajstić information content (AvgIpc) is 3.04. The molecule has 0 bridgehead atoms. The van der Waals surface area contributed by atoms with Crippen molar-refractivity contribution >= 4 is 17.6 Å². The summed E-state index contributed by atoms with van der Waals surface area (Å²) in [6, 6.07) is 5.25. The molecule has 126 valence electrons. The molecule has 1 fully saturated rings. The number of nitrogens with zero attached hydrogens (tertiary/aromatic N) is 2. The van der Waals surface area contributed by atoms with Crippen molar-refractivity contribution in [1.82, 2.24) is 15.1 Å². The lowest BCUT2D eigenvalue weighted by Crippen LogP contribution is -2.36. The van der Waals surface area contributed by atoms with Gasteiger partial charge in [-0.2, -0.15) is 0 Å². The molecule has 1 saturated heterocycles. The molecule has 7 nitrogen and oxygen atoms in total. The maximum absolute atomic E-state index is 12.4. The summed E-state index contributed by atoms with van der Waals surface area (Å²) in [4.78, 5) is 28.2. The van der Waals surface area contributed by atoms with Crippen molar-refractivity contribution < 1.29 is 14.3 Å². The van der Waals surface area contributed by atoms with Crippen LogP contribution < -0.4 is 15.4 Å². The van der Waals surface area contributed by atoms with Crippen LogP contribution in [0.2, 0.25) is 0 Å². The molecule has 1 aromatic rings. The summed E-state index contributed by atoms with van der Waals surface area (Å²) in [5.74, 6) is 0.211. The van der Waals surface area contributed by atoms with Crippen molar-refractivity contribution in [3.05, 3.63) is 23.8 Å². The highest BCUT2D eigenvalue weighted by Crippen LogP contribution is 2.23. The van der Waals surface area contributed by atoms with E-state index >= 15 is 0 Å². The maximum Gasteiger partial charge on any atom is 0.321 e. The molecule has 0 spiro atoms. The van der Waals surface area contributed by atoms with E-state index in [9.17, 15) is 9.59 Å². The van der Waals surface area contributed by atoms with Crippen LogP contribution in [0.5, 0.6) is 5.75 Å². The Morgan fingerprint density at radius 3 is 2.65 bits per heavy atom. The van der Waals surface area contributed by atoms with E-state index in [0.29, 0.717) is 29.6 Å². The van der Waals surface area contributed by atoms with Crippen LogP contribution in [-0.2, 0) is 0 Å². The number of ether oxygens (including phenoxy) is 1. The number of benzene rings is 1. The van der Waals surface area contributed by atoms with E-state index in [2.05, 4.69) is 15.5 Å². The Labute approximate surface area is 136 Å². The fraction of sp³-hybridized carbons (Fsp3) is 0.500. The van der Waals surface area contributed by atoms with Crippen molar-refractivity contribution in [3.8, 4) is 5.75 Å². The van der Waals surface area contributed by atoms with Gasteiger partial charge >= 0.3 is 6.03 Å². The van der Waals surface area contributed by atoms with Gasteiger partial charge in [0.15, 0.2) is 0 Å². The molecule has 1 heterocycles. The highest BCUT2D eigenvalue weighted by Gasteiger charge is 2.27. The monoisotopic (exact) mass is 320 g/mol. The van der Waals surface area contributed by atoms with E-state index in [0.717, 1.165) is 13.0 Å². The molecule has 1 aliphatic heterocycles. The predicted octanol–water partition coefficient (Wildman–Crippen LogP) is 1.22. The third kappa shape index (κ3) is 3.92. The molecule has 1 aromatic carbocycles. The smallest absolute Gasteiger partial charge is 0.321 e. The molecule has 0 aromatic heterocycles. The zero-order chi connectivity index (χ0) is 17.0. The Morgan fingerprint density at radius 1 is 1.35 bits per heavy atom. The van der Waals surface area contributed by atoms with Crippen LogP contribution in [0.15, 0.2) is 18.2 Å². The van der Waals surface area contributed by atoms with Crippen molar-refractivity contribution in [2.45, 2.75) is 12.5 Å². The maximum atomic E-state index is 12.4. The number of methoxy groups -OCH3 is 1. The summed E-state index contributed by atoms with van der Waals surface area (Å²) < 4.78 is 5.18. The van der Waals surface area contributed by atoms with E-state index in [4.69, 9.17) is 4.74 Å². The van der Waals surface area contributed by atoms with Gasteiger partial charge in [0.25, 0.3) is 5.91 Å². The fourth-order valence-corrected chi connectivity index (χ4v) is 2.65. The van der Waals surface area contributed by atoms with Crippen LogP contribution >= 0.6 is 0 Å². The third-order valence-corrected chi connectivity index (χ3v) is 4.10. The van der Waals surface area contributed by atoms with Gasteiger partial charge in [-0.3, -0.25) is 4.79 Å². The summed E-state index contributed by atoms with van der Waals surface area (Å²) in [7, 11) is 7.10. The molecule has 0 saturated carbocycles. The van der Waals surface area contributed by atoms with Gasteiger partial charge in [-0.25, -0.2) is 4.79 Å². The number of rotatable bonds is 4. The van der Waals surface area contributed by atoms with E-state index in [1.54, 1.807) is 30.1 Å². The van der Waals surface area contributed by atoms with Crippen LogP contribution in [0.3, 0.4) is 0 Å². The van der Waals surface area contributed by atoms with Gasteiger partial charge in [0, 0.05) is 31.9 Å². The van der Waals surface area contributed by atoms with Crippen molar-refractivity contribution in [1.29, 1.82) is 0 Å². The summed E-state index contributed by atoms with van der Waals surface area (Å²) in [6.45, 7) is 1.43. The second-order valence-electron chi connectivity index (χ2n) is 5.78. The molecule has 1 aliphatic rings. The number of nitrogens with one attached hydrogen (secondary N) is 2. The van der Waals surface area contributed by atoms with Gasteiger partial charge in [0.05, 0.1) is 12.7 Å². The van der Waals surface area contributed by atoms with Crippen molar-refractivity contribution in [2.75, 3.05) is 46.7 Å². The van der Waals surface area contributed by atoms with Crippen LogP contribution in [0, 0.1) is 0 Å². The first-order valence-electron chi connectivity index (χ1n) is 7.58. The molecular formula is C16H24N4O3. The SMILES string of the molecule is CNC(=O)c1cc(NC(=O)N2CC[C@@H](N(C)C)C2)ccc1OC. The second-order valence-corrected chi connectivity index (χ2v) is 5.78. The summed E-state index contributed by atoms with van der Waals surface area (Å²) in [6.07, 6.45) is 0.965. The Bertz CT molecular complexity index is 589. The molecule has 1 atom stereocenters. The Kier molecular flexibility index (Phi) is 5.44. The molecule has 3 amide bonds. The van der Waals surface area contributed by atoms with Crippen LogP contribution in [0.1, 0.15) is 16.8 Å². The molecule has 7 heteroatoms. The second kappa shape index (κ2) is 7.32. The normalized spacial score (nSPS) is 17.3. The molecule has 0 unspecified atom stereocenters. The zero-order valence-corrected chi connectivity index (χ0v) is 14.0. The number of likely N-dealkylation sites (N-methyl/N-ethyl adjacent to an activating group) is 1. The molecule has 2 N–H and O–H groups in total. The molecule has 2 rings (SSSR count). The number of urea groups is 1. The van der Waals surface area contributed by atoms with Gasteiger partial charge < -0.3 is 25.2 Å². The van der Waals surface area contributed by atoms with Crippen molar-refractivity contribution in [2.24, 2.45) is 0 Å². The van der Waals surface area contributed by atoms with Gasteiger partial charge in [-0.1, -0.05) is 0 Å². The fourth-order valence-electron chi connectivity index (χ4n) is 2.65. The Balaban J connectivity index is 2.08. The van der Waals surface area contributed by atoms with Crippen LogP contribution in [-0.4, -0.2) is 69.1 Å². The Morgan fingerprint density at radius 2 is 2.09 bits per heavy atom. The highest BCUT2D eigenvalue weighted by atomic mass is 16.5. The lowest BCUT2D eigenvalue weighted by Gasteiger charge is -2.21. The van der Waals surface area contributed by atoms with E-state index in [-0.39, 0.29) is 11.9 Å². The standard InChI is InChI=1S/C16H24N4O3/c1-17-15(21)13-9-11(5-6-14(13)23-4)18-16(22)20-8-7-12(10-20)19(2)3/h5-6,9,12H,7-8,10H2,1-4H3,(H,17,21)(H,18,22)/t12-/m1/s1. The zero-order valence-electron chi connectivity index (χ0n) is 14.0. The lowest BCUT2D eigenvalue weighted by atomic mass is 10.1. The van der Waals surface area contributed by atoms with E-state index in [1.165, 1.54) is 7.11 Å². The number of anilines is 1. The predicted molar refractivity (Wildman–Crippen MR) is 89.1 cm³/mol. The number of likely N-dealkylation sites (tertiary alicyclic amines) is 1. The number of carbonyl (C=O) groups excluding carboxylic acids is 2. The number of hydrogen-bond acceptors (Lipinski definition) is 4. The van der Waals surface area contributed by atoms with E-state index in [1.807, 2.05) is 14.1 Å². The van der Waals surface area contributed by atoms with Crippen LogP contribution in [0.4, 0.5) is 10.5 Å². The average molecular weight is 320 g/mol. The van der Waals surface area contributed by atoms with Gasteiger partial charge in [-0.05, 0) is 38.7 Å². The van der Waals surface area contributed by atoms with E-state index < -0.39 is 0 Å². The summed E-state index contributed by atoms with van der Waals surface area (Å²) in [5.41, 5.74) is 0.961. The topological polar surface area (TPSA) is 73.9 Å². The first kappa shape index (κ1) is 17.1. The minimum Gasteiger partial charge on any atom is -0.496 e. The van der Waals surface area contributed by atoms with Gasteiger partial charge in [0.2, 0.25) is 0 Å². The molecule has 0 radical (unpaired) electrons. The minimum atomic E-state index is -0.258. The number of carbonyl (C=O) groups is 2. The van der Waals surface area contributed by atoms with Crippen LogP contribution in [0.25, 0.3) is 0 Å². The number of amides is 3. The Hall–Kier alpha value is -2.28. The molecule has 0 aliphatic carbocycles. The third-order valence-electron chi connectivity index (χ3n) is 4.10. The van der Waals surface area contributed by atoms with Crippen molar-refractivity contribution in [3.63, 3.8) is 0 Å². The van der Waals surface area contributed by atoms with Gasteiger partial charge in [0.1, 0.15) is 5.75 Å². The quantitative estimate of drug-likeness (QED) is 0.875. The summed E-state index contributed by atoms with van der Waals surface area (Å²) >= 11 is 0. The molecular weight excluding hydrogens is 296 g/mol. The minimum absolute atomic E-state index is 0.151. The van der Waals surface area contributed by atoms with Gasteiger partial charge in [-0.15, -0.1) is 0 Å². The first-order valence-corrected chi connectivity index (χ1v) is 7.58. The molecule has 23 heavy (non-hydrogen) atoms. The number of hydrogen-bond donors (Lipinski definition) is 2. The lowest BCUT2D eigenvalue weighted by molar-refractivity contribution is 0.0960. The largest absolute Gasteiger partial charge is 0.496 e. The summed E-state index contributed by atoms with van der Waals surface area (Å²) in [5, 5.41) is 5.41.